The van der Waals surface area contributed by atoms with Crippen LogP contribution < -0.4 is 0 Å². The second-order valence-electron chi connectivity index (χ2n) is 6.77. The van der Waals surface area contributed by atoms with Crippen molar-refractivity contribution in [1.82, 2.24) is 4.90 Å². The normalized spacial score (nSPS) is 12.8. The Morgan fingerprint density at radius 3 is 2.35 bits per heavy atom. The molecule has 6 heteroatoms. The molecule has 0 fully saturated rings. The Morgan fingerprint density at radius 2 is 1.91 bits per heavy atom. The fourth-order valence-electron chi connectivity index (χ4n) is 2.21. The van der Waals surface area contributed by atoms with Gasteiger partial charge in [0.05, 0.1) is 0 Å². The minimum Gasteiger partial charge on any atom is -0.480 e. The minimum absolute atomic E-state index is 0.116. The number of amides is 1. The molecule has 0 saturated heterocycles. The van der Waals surface area contributed by atoms with E-state index in [0.717, 1.165) is 5.56 Å². The van der Waals surface area contributed by atoms with Gasteiger partial charge in [-0.1, -0.05) is 37.6 Å². The molecule has 5 nitrogen and oxygen atoms in total. The maximum atomic E-state index is 12.5. The molecule has 0 bridgehead atoms. The summed E-state index contributed by atoms with van der Waals surface area (Å²) in [6, 6.07) is 6.00. The van der Waals surface area contributed by atoms with Gasteiger partial charge in [-0.3, -0.25) is 4.90 Å². The number of hydrogen-bond acceptors (Lipinski definition) is 3. The van der Waals surface area contributed by atoms with Gasteiger partial charge in [0, 0.05) is 11.6 Å². The molecule has 1 rings (SSSR count). The lowest BCUT2D eigenvalue weighted by Crippen LogP contribution is -2.49. The van der Waals surface area contributed by atoms with Crippen molar-refractivity contribution in [3.8, 4) is 0 Å². The van der Waals surface area contributed by atoms with Crippen LogP contribution in [0.25, 0.3) is 0 Å². The van der Waals surface area contributed by atoms with Crippen LogP contribution in [0.15, 0.2) is 24.3 Å². The zero-order chi connectivity index (χ0) is 17.8. The van der Waals surface area contributed by atoms with Crippen LogP contribution in [0, 0.1) is 5.92 Å². The number of aliphatic carboxylic acids is 1. The van der Waals surface area contributed by atoms with Crippen molar-refractivity contribution < 1.29 is 19.4 Å². The van der Waals surface area contributed by atoms with Crippen LogP contribution in [0.2, 0.25) is 5.02 Å². The first-order valence-electron chi connectivity index (χ1n) is 7.48. The average Bonchev–Trinajstić information content (AvgIpc) is 2.34. The van der Waals surface area contributed by atoms with Crippen LogP contribution in [0.5, 0.6) is 0 Å². The summed E-state index contributed by atoms with van der Waals surface area (Å²) in [5.74, 6) is -1.33. The van der Waals surface area contributed by atoms with Gasteiger partial charge in [0.2, 0.25) is 0 Å². The Hall–Kier alpha value is -1.75. The Bertz CT molecular complexity index is 566. The summed E-state index contributed by atoms with van der Waals surface area (Å²) >= 11 is 5.97. The molecule has 0 spiro atoms. The lowest BCUT2D eigenvalue weighted by molar-refractivity contribution is -0.145. The molecule has 1 aromatic carbocycles. The van der Waals surface area contributed by atoms with Gasteiger partial charge in [-0.05, 0) is 44.4 Å². The SMILES string of the molecule is CC(C)C(C(=O)O)N(Cc1cccc(Cl)c1)C(=O)OC(C)(C)C. The van der Waals surface area contributed by atoms with E-state index in [-0.39, 0.29) is 12.5 Å². The van der Waals surface area contributed by atoms with Gasteiger partial charge in [0.15, 0.2) is 0 Å². The van der Waals surface area contributed by atoms with Gasteiger partial charge in [0.25, 0.3) is 0 Å². The highest BCUT2D eigenvalue weighted by molar-refractivity contribution is 6.30. The topological polar surface area (TPSA) is 66.8 Å². The Labute approximate surface area is 142 Å². The molecule has 0 heterocycles. The number of ether oxygens (including phenoxy) is 1. The number of carboxylic acids is 1. The van der Waals surface area contributed by atoms with Gasteiger partial charge in [0.1, 0.15) is 11.6 Å². The van der Waals surface area contributed by atoms with Crippen LogP contribution >= 0.6 is 11.6 Å². The summed E-state index contributed by atoms with van der Waals surface area (Å²) in [5, 5.41) is 10.0. The lowest BCUT2D eigenvalue weighted by Gasteiger charge is -2.33. The van der Waals surface area contributed by atoms with Crippen LogP contribution in [-0.4, -0.2) is 33.7 Å². The second-order valence-corrected chi connectivity index (χ2v) is 7.20. The van der Waals surface area contributed by atoms with Crippen molar-refractivity contribution in [2.24, 2.45) is 5.92 Å². The lowest BCUT2D eigenvalue weighted by atomic mass is 10.0. The van der Waals surface area contributed by atoms with Crippen molar-refractivity contribution in [1.29, 1.82) is 0 Å². The van der Waals surface area contributed by atoms with Gasteiger partial charge in [-0.25, -0.2) is 9.59 Å². The number of carboxylic acid groups (broad SMARTS) is 1. The van der Waals surface area contributed by atoms with Crippen molar-refractivity contribution in [3.63, 3.8) is 0 Å². The predicted molar refractivity (Wildman–Crippen MR) is 89.5 cm³/mol. The minimum atomic E-state index is -1.06. The third-order valence-corrected chi connectivity index (χ3v) is 3.33. The molecular weight excluding hydrogens is 318 g/mol. The largest absolute Gasteiger partial charge is 0.480 e. The van der Waals surface area contributed by atoms with Crippen LogP contribution in [0.4, 0.5) is 4.79 Å². The fourth-order valence-corrected chi connectivity index (χ4v) is 2.42. The zero-order valence-corrected chi connectivity index (χ0v) is 14.9. The maximum absolute atomic E-state index is 12.5. The predicted octanol–water partition coefficient (Wildman–Crippen LogP) is 4.19. The monoisotopic (exact) mass is 341 g/mol. The molecule has 0 aromatic heterocycles. The first-order valence-corrected chi connectivity index (χ1v) is 7.86. The molecule has 0 saturated carbocycles. The molecule has 128 valence electrons. The number of carbonyl (C=O) groups excluding carboxylic acids is 1. The van der Waals surface area contributed by atoms with E-state index in [2.05, 4.69) is 0 Å². The summed E-state index contributed by atoms with van der Waals surface area (Å²) < 4.78 is 5.37. The molecule has 0 aliphatic heterocycles. The van der Waals surface area contributed by atoms with Gasteiger partial charge >= 0.3 is 12.1 Å². The average molecular weight is 342 g/mol. The summed E-state index contributed by atoms with van der Waals surface area (Å²) in [5.41, 5.74) is 0.0409. The molecule has 0 aliphatic carbocycles. The third kappa shape index (κ3) is 6.10. The van der Waals surface area contributed by atoms with E-state index >= 15 is 0 Å². The molecule has 1 atom stereocenters. The van der Waals surface area contributed by atoms with Gasteiger partial charge < -0.3 is 9.84 Å². The Kier molecular flexibility index (Phi) is 6.45. The van der Waals surface area contributed by atoms with Crippen LogP contribution in [0.1, 0.15) is 40.2 Å². The van der Waals surface area contributed by atoms with E-state index in [9.17, 15) is 14.7 Å². The molecule has 1 amide bonds. The Balaban J connectivity index is 3.14. The van der Waals surface area contributed by atoms with E-state index in [1.807, 2.05) is 0 Å². The van der Waals surface area contributed by atoms with Crippen molar-refractivity contribution >= 4 is 23.7 Å². The quantitative estimate of drug-likeness (QED) is 0.872. The summed E-state index contributed by atoms with van der Waals surface area (Å²) in [6.07, 6.45) is -0.654. The number of carbonyl (C=O) groups is 2. The molecule has 0 aliphatic rings. The first-order chi connectivity index (χ1) is 10.5. The van der Waals surface area contributed by atoms with E-state index in [4.69, 9.17) is 16.3 Å². The molecule has 1 aromatic rings. The first kappa shape index (κ1) is 19.3. The van der Waals surface area contributed by atoms with E-state index < -0.39 is 23.7 Å². The van der Waals surface area contributed by atoms with E-state index in [1.54, 1.807) is 58.9 Å². The smallest absolute Gasteiger partial charge is 0.411 e. The zero-order valence-electron chi connectivity index (χ0n) is 14.2. The Morgan fingerprint density at radius 1 is 1.30 bits per heavy atom. The highest BCUT2D eigenvalue weighted by Gasteiger charge is 2.35. The van der Waals surface area contributed by atoms with Crippen molar-refractivity contribution in [3.05, 3.63) is 34.9 Å². The third-order valence-electron chi connectivity index (χ3n) is 3.09. The van der Waals surface area contributed by atoms with E-state index in [0.29, 0.717) is 5.02 Å². The number of hydrogen-bond donors (Lipinski definition) is 1. The van der Waals surface area contributed by atoms with Gasteiger partial charge in [-0.2, -0.15) is 0 Å². The molecule has 23 heavy (non-hydrogen) atoms. The number of benzene rings is 1. The number of rotatable bonds is 5. The van der Waals surface area contributed by atoms with Crippen LogP contribution in [0.3, 0.4) is 0 Å². The highest BCUT2D eigenvalue weighted by atomic mass is 35.5. The number of halogens is 1. The van der Waals surface area contributed by atoms with Crippen LogP contribution in [-0.2, 0) is 16.1 Å². The molecular formula is C17H24ClNO4. The highest BCUT2D eigenvalue weighted by Crippen LogP contribution is 2.21. The van der Waals surface area contributed by atoms with Gasteiger partial charge in [-0.15, -0.1) is 0 Å². The molecule has 0 radical (unpaired) electrons. The summed E-state index contributed by atoms with van der Waals surface area (Å²) in [4.78, 5) is 25.4. The molecule has 1 N–H and O–H groups in total. The number of nitrogens with zero attached hydrogens (tertiary/aromatic N) is 1. The summed E-state index contributed by atoms with van der Waals surface area (Å²) in [6.45, 7) is 8.86. The second kappa shape index (κ2) is 7.68. The van der Waals surface area contributed by atoms with Crippen molar-refractivity contribution in [2.75, 3.05) is 0 Å². The van der Waals surface area contributed by atoms with Crippen molar-refractivity contribution in [2.45, 2.75) is 52.8 Å². The fraction of sp³-hybridized carbons (Fsp3) is 0.529. The summed E-state index contributed by atoms with van der Waals surface area (Å²) in [7, 11) is 0. The maximum Gasteiger partial charge on any atom is 0.411 e. The molecule has 1 unspecified atom stereocenters. The van der Waals surface area contributed by atoms with E-state index in [1.165, 1.54) is 4.90 Å². The standard InChI is InChI=1S/C17H24ClNO4/c1-11(2)14(15(20)21)19(16(22)23-17(3,4)5)10-12-7-6-8-13(18)9-12/h6-9,11,14H,10H2,1-5H3,(H,20,21).